The highest BCUT2D eigenvalue weighted by Gasteiger charge is 2.54. The minimum atomic E-state index is -5.08. The number of anilines is 1. The Morgan fingerprint density at radius 1 is 1.08 bits per heavy atom. The van der Waals surface area contributed by atoms with Gasteiger partial charge < -0.3 is 20.2 Å². The maximum atomic E-state index is 13.5. The largest absolute Gasteiger partial charge is 0.490 e. The number of amides is 2. The summed E-state index contributed by atoms with van der Waals surface area (Å²) in [4.78, 5) is 56.4. The second-order valence-corrected chi connectivity index (χ2v) is 9.68. The summed E-state index contributed by atoms with van der Waals surface area (Å²) in [6, 6.07) is 1.79. The monoisotopic (exact) mass is 535 g/mol. The minimum Gasteiger partial charge on any atom is -0.475 e. The fraction of sp³-hybridized carbons (Fsp3) is 0.542. The van der Waals surface area contributed by atoms with Crippen LogP contribution < -0.4 is 10.2 Å². The van der Waals surface area contributed by atoms with Crippen molar-refractivity contribution in [1.29, 1.82) is 0 Å². The molecule has 2 aromatic heterocycles. The van der Waals surface area contributed by atoms with E-state index in [1.165, 1.54) is 25.2 Å². The van der Waals surface area contributed by atoms with Crippen LogP contribution in [0.4, 0.5) is 19.1 Å². The fourth-order valence-corrected chi connectivity index (χ4v) is 4.90. The van der Waals surface area contributed by atoms with Crippen molar-refractivity contribution in [3.8, 4) is 0 Å². The number of hydrogen-bond donors (Lipinski definition) is 2. The molecule has 2 N–H and O–H groups in total. The molecule has 0 aromatic carbocycles. The molecule has 3 fully saturated rings. The van der Waals surface area contributed by atoms with E-state index in [2.05, 4.69) is 30.2 Å². The van der Waals surface area contributed by atoms with Crippen LogP contribution >= 0.6 is 0 Å². The summed E-state index contributed by atoms with van der Waals surface area (Å²) >= 11 is 0. The Labute approximate surface area is 216 Å². The molecule has 38 heavy (non-hydrogen) atoms. The first kappa shape index (κ1) is 27.2. The van der Waals surface area contributed by atoms with Gasteiger partial charge in [0.05, 0.1) is 11.6 Å². The van der Waals surface area contributed by atoms with Gasteiger partial charge in [0.15, 0.2) is 0 Å². The van der Waals surface area contributed by atoms with Crippen LogP contribution in [0.3, 0.4) is 0 Å². The number of carbonyl (C=O) groups is 3. The molecule has 204 valence electrons. The highest BCUT2D eigenvalue weighted by Crippen LogP contribution is 2.44. The van der Waals surface area contributed by atoms with Crippen LogP contribution in [0.1, 0.15) is 36.2 Å². The van der Waals surface area contributed by atoms with Gasteiger partial charge in [-0.25, -0.2) is 19.7 Å². The third kappa shape index (κ3) is 6.34. The number of aromatic nitrogens is 4. The van der Waals surface area contributed by atoms with Crippen molar-refractivity contribution < 1.29 is 32.7 Å². The predicted molar refractivity (Wildman–Crippen MR) is 127 cm³/mol. The van der Waals surface area contributed by atoms with Gasteiger partial charge in [0.2, 0.25) is 11.9 Å². The van der Waals surface area contributed by atoms with Gasteiger partial charge in [-0.05, 0) is 37.7 Å². The van der Waals surface area contributed by atoms with Crippen LogP contribution in [0.15, 0.2) is 37.1 Å². The van der Waals surface area contributed by atoms with Crippen LogP contribution in [0, 0.1) is 17.3 Å². The van der Waals surface area contributed by atoms with Gasteiger partial charge in [0.25, 0.3) is 5.91 Å². The van der Waals surface area contributed by atoms with E-state index in [1.807, 2.05) is 4.90 Å². The summed E-state index contributed by atoms with van der Waals surface area (Å²) < 4.78 is 31.7. The molecule has 2 aromatic rings. The summed E-state index contributed by atoms with van der Waals surface area (Å²) in [6.45, 7) is 3.09. The number of carboxylic acids is 1. The first-order chi connectivity index (χ1) is 18.1. The molecular weight excluding hydrogens is 507 g/mol. The molecule has 0 bridgehead atoms. The number of aliphatic carboxylic acids is 1. The second-order valence-electron chi connectivity index (χ2n) is 9.68. The maximum Gasteiger partial charge on any atom is 0.490 e. The highest BCUT2D eigenvalue weighted by atomic mass is 19.4. The molecule has 0 unspecified atom stereocenters. The molecule has 2 atom stereocenters. The molecule has 14 heteroatoms. The van der Waals surface area contributed by atoms with Crippen molar-refractivity contribution in [1.82, 2.24) is 30.2 Å². The third-order valence-electron chi connectivity index (χ3n) is 7.03. The average molecular weight is 536 g/mol. The van der Waals surface area contributed by atoms with Crippen molar-refractivity contribution in [2.24, 2.45) is 17.3 Å². The molecule has 2 amide bonds. The molecule has 2 saturated heterocycles. The van der Waals surface area contributed by atoms with Gasteiger partial charge in [0.1, 0.15) is 5.69 Å². The summed E-state index contributed by atoms with van der Waals surface area (Å²) in [5, 5.41) is 10.3. The van der Waals surface area contributed by atoms with Gasteiger partial charge in [-0.2, -0.15) is 13.2 Å². The Morgan fingerprint density at radius 3 is 2.39 bits per heavy atom. The summed E-state index contributed by atoms with van der Waals surface area (Å²) in [5.41, 5.74) is -0.208. The Balaban J connectivity index is 0.000000426. The number of hydrogen-bond acceptors (Lipinski definition) is 8. The molecule has 11 nitrogen and oxygen atoms in total. The lowest BCUT2D eigenvalue weighted by molar-refractivity contribution is -0.192. The number of nitrogens with zero attached hydrogens (tertiary/aromatic N) is 6. The van der Waals surface area contributed by atoms with Gasteiger partial charge in [-0.3, -0.25) is 14.6 Å². The Bertz CT molecular complexity index is 1130. The van der Waals surface area contributed by atoms with E-state index in [0.29, 0.717) is 43.7 Å². The average Bonchev–Trinajstić information content (AvgIpc) is 3.70. The number of rotatable bonds is 5. The lowest BCUT2D eigenvalue weighted by Crippen LogP contribution is -2.48. The number of carbonyl (C=O) groups excluding carboxylic acids is 2. The summed E-state index contributed by atoms with van der Waals surface area (Å²) in [5.74, 6) is -1.52. The number of fused-ring (bicyclic) bond motifs is 1. The zero-order valence-corrected chi connectivity index (χ0v) is 20.5. The molecular formula is C24H28F3N7O4. The number of alkyl halides is 3. The zero-order valence-electron chi connectivity index (χ0n) is 20.5. The molecule has 2 aliphatic heterocycles. The lowest BCUT2D eigenvalue weighted by atomic mass is 9.74. The third-order valence-corrected chi connectivity index (χ3v) is 7.03. The number of nitrogens with one attached hydrogen (secondary N) is 1. The Hall–Kier alpha value is -3.84. The van der Waals surface area contributed by atoms with Crippen molar-refractivity contribution >= 4 is 23.7 Å². The van der Waals surface area contributed by atoms with Gasteiger partial charge in [-0.15, -0.1) is 0 Å². The minimum absolute atomic E-state index is 0.00127. The van der Waals surface area contributed by atoms with E-state index < -0.39 is 17.6 Å². The van der Waals surface area contributed by atoms with Crippen LogP contribution in [-0.4, -0.2) is 86.6 Å². The second kappa shape index (κ2) is 11.3. The van der Waals surface area contributed by atoms with Crippen molar-refractivity contribution in [3.05, 3.63) is 42.7 Å². The molecule has 0 radical (unpaired) electrons. The lowest BCUT2D eigenvalue weighted by Gasteiger charge is -2.32. The first-order valence-corrected chi connectivity index (χ1v) is 12.3. The number of halogens is 3. The fourth-order valence-electron chi connectivity index (χ4n) is 4.90. The molecule has 1 aliphatic carbocycles. The van der Waals surface area contributed by atoms with Crippen LogP contribution in [0.25, 0.3) is 0 Å². The van der Waals surface area contributed by atoms with Crippen molar-refractivity contribution in [2.45, 2.75) is 31.9 Å². The normalized spacial score (nSPS) is 23.0. The van der Waals surface area contributed by atoms with Crippen LogP contribution in [-0.2, 0) is 9.59 Å². The van der Waals surface area contributed by atoms with E-state index in [1.54, 1.807) is 24.7 Å². The SMILES string of the molecule is O=C(O)C(F)(F)F.O=C(c1cnccn1)N1CCC[C@@]2(C(=O)NCC3CC3)CN(c3ncccn3)C[C@@H]2C1. The first-order valence-electron chi connectivity index (χ1n) is 12.3. The van der Waals surface area contributed by atoms with Crippen LogP contribution in [0.5, 0.6) is 0 Å². The smallest absolute Gasteiger partial charge is 0.475 e. The van der Waals surface area contributed by atoms with Gasteiger partial charge in [-0.1, -0.05) is 0 Å². The van der Waals surface area contributed by atoms with Crippen LogP contribution in [0.2, 0.25) is 0 Å². The van der Waals surface area contributed by atoms with Crippen molar-refractivity contribution in [2.75, 3.05) is 37.6 Å². The highest BCUT2D eigenvalue weighted by molar-refractivity contribution is 5.92. The molecule has 4 heterocycles. The number of carboxylic acid groups (broad SMARTS) is 1. The summed E-state index contributed by atoms with van der Waals surface area (Å²) in [6.07, 6.45) is 6.85. The van der Waals surface area contributed by atoms with E-state index in [-0.39, 0.29) is 17.7 Å². The van der Waals surface area contributed by atoms with E-state index in [9.17, 15) is 22.8 Å². The zero-order chi connectivity index (χ0) is 27.3. The molecule has 5 rings (SSSR count). The Kier molecular flexibility index (Phi) is 8.07. The van der Waals surface area contributed by atoms with Gasteiger partial charge >= 0.3 is 12.1 Å². The summed E-state index contributed by atoms with van der Waals surface area (Å²) in [7, 11) is 0. The van der Waals surface area contributed by atoms with E-state index >= 15 is 0 Å². The van der Waals surface area contributed by atoms with E-state index in [0.717, 1.165) is 19.4 Å². The molecule has 1 saturated carbocycles. The standard InChI is InChI=1S/C22H27N7O2.C2HF3O2/c30-19(18-12-23-8-9-24-18)28-10-1-5-22(20(31)27-11-16-3-4-16)15-29(14-17(22)13-28)21-25-6-2-7-26-21;3-2(4,5)1(6)7/h2,6-9,12,16-17H,1,3-5,10-11,13-15H2,(H,27,31);(H,6,7)/t17-,22+;/m0./s1. The maximum absolute atomic E-state index is 13.5. The molecule has 0 spiro atoms. The quantitative estimate of drug-likeness (QED) is 0.586. The number of likely N-dealkylation sites (tertiary alicyclic amines) is 1. The molecule has 3 aliphatic rings. The topological polar surface area (TPSA) is 142 Å². The van der Waals surface area contributed by atoms with Gasteiger partial charge in [0, 0.05) is 63.4 Å². The van der Waals surface area contributed by atoms with Crippen molar-refractivity contribution in [3.63, 3.8) is 0 Å². The predicted octanol–water partition coefficient (Wildman–Crippen LogP) is 1.78. The van der Waals surface area contributed by atoms with E-state index in [4.69, 9.17) is 9.90 Å². The Morgan fingerprint density at radius 2 is 1.79 bits per heavy atom.